The lowest BCUT2D eigenvalue weighted by molar-refractivity contribution is -0.302. The Morgan fingerprint density at radius 1 is 0.849 bits per heavy atom. The van der Waals surface area contributed by atoms with Crippen LogP contribution in [0.3, 0.4) is 0 Å². The number of carbonyl (C=O) groups excluding carboxylic acids is 5. The van der Waals surface area contributed by atoms with Gasteiger partial charge in [0.2, 0.25) is 5.79 Å². The highest BCUT2D eigenvalue weighted by Gasteiger charge is 2.57. The number of nitrogens with one attached hydrogen (secondary N) is 1. The van der Waals surface area contributed by atoms with E-state index in [0.717, 1.165) is 10.5 Å². The maximum atomic E-state index is 14.8. The summed E-state index contributed by atoms with van der Waals surface area (Å²) < 4.78 is 42.0. The van der Waals surface area contributed by atoms with E-state index >= 15 is 0 Å². The summed E-state index contributed by atoms with van der Waals surface area (Å²) in [6.07, 6.45) is -0.441. The minimum atomic E-state index is -2.62. The van der Waals surface area contributed by atoms with Crippen molar-refractivity contribution in [1.82, 2.24) is 10.2 Å². The molecule has 86 heavy (non-hydrogen) atoms. The second kappa shape index (κ2) is 28.3. The number of cyclic esters (lactones) is 1. The van der Waals surface area contributed by atoms with E-state index in [1.54, 1.807) is 51.1 Å². The number of aliphatic hydroxyl groups is 3. The second-order valence-corrected chi connectivity index (χ2v) is 24.0. The van der Waals surface area contributed by atoms with Crippen LogP contribution in [-0.4, -0.2) is 155 Å². The molecule has 14 unspecified atom stereocenters. The Hall–Kier alpha value is -6.85. The van der Waals surface area contributed by atoms with Crippen LogP contribution in [0.25, 0.3) is 33.4 Å². The number of aromatic carboxylic acids is 1. The molecule has 6 aliphatic rings. The van der Waals surface area contributed by atoms with Gasteiger partial charge in [0, 0.05) is 74.6 Å². The molecule has 4 heterocycles. The number of carboxylic acids is 1. The Balaban J connectivity index is 1.08. The number of aliphatic hydroxyl groups excluding tert-OH is 2. The lowest BCUT2D eigenvalue weighted by Crippen LogP contribution is -2.64. The number of carboxylic acid groups (broad SMARTS) is 1. The number of nitrogens with zero attached hydrogens (tertiary/aromatic N) is 1. The fourth-order valence-corrected chi connectivity index (χ4v) is 13.1. The van der Waals surface area contributed by atoms with Crippen LogP contribution in [0.4, 0.5) is 4.79 Å². The summed E-state index contributed by atoms with van der Waals surface area (Å²) in [6, 6.07) is 12.1. The van der Waals surface area contributed by atoms with Gasteiger partial charge in [0.25, 0.3) is 11.7 Å². The molecular formula is C65H82N2O19. The molecular weight excluding hydrogens is 1110 g/mol. The predicted molar refractivity (Wildman–Crippen MR) is 314 cm³/mol. The number of rotatable bonds is 12. The van der Waals surface area contributed by atoms with Crippen LogP contribution in [0, 0.1) is 29.6 Å². The third kappa shape index (κ3) is 14.4. The Kier molecular flexibility index (Phi) is 21.5. The number of Topliss-reactive ketones (excluding diaryl/α,β-unsaturated/α-hetero) is 2. The van der Waals surface area contributed by atoms with Crippen LogP contribution >= 0.6 is 0 Å². The highest BCUT2D eigenvalue weighted by molar-refractivity contribution is 6.39. The molecule has 2 bridgehead atoms. The van der Waals surface area contributed by atoms with Gasteiger partial charge in [-0.15, -0.1) is 0 Å². The molecule has 466 valence electrons. The first-order valence-electron chi connectivity index (χ1n) is 29.7. The molecule has 8 rings (SSSR count). The molecule has 2 aliphatic carbocycles. The Bertz CT molecular complexity index is 3220. The summed E-state index contributed by atoms with van der Waals surface area (Å²) in [5, 5.41) is 59.5. The molecule has 2 aromatic rings. The fraction of sp³-hybridized carbons (Fsp3) is 0.554. The highest BCUT2D eigenvalue weighted by Crippen LogP contribution is 2.44. The molecule has 0 spiro atoms. The quantitative estimate of drug-likeness (QED) is 0.0343. The van der Waals surface area contributed by atoms with Gasteiger partial charge in [0.15, 0.2) is 5.43 Å². The van der Waals surface area contributed by atoms with Gasteiger partial charge in [-0.25, -0.2) is 14.4 Å². The smallest absolute Gasteiger partial charge is 0.407 e. The third-order valence-electron chi connectivity index (χ3n) is 17.9. The lowest BCUT2D eigenvalue weighted by Gasteiger charge is -2.47. The zero-order valence-electron chi connectivity index (χ0n) is 50.2. The summed E-state index contributed by atoms with van der Waals surface area (Å²) in [4.78, 5) is 98.2. The molecule has 2 aromatic carbocycles. The molecule has 21 heteroatoms. The normalized spacial score (nSPS) is 31.1. The second-order valence-electron chi connectivity index (χ2n) is 24.0. The number of phenolic OH excluding ortho intramolecular Hbond substituents is 1. The maximum absolute atomic E-state index is 14.8. The summed E-state index contributed by atoms with van der Waals surface area (Å²) in [5.74, 6) is -10.7. The van der Waals surface area contributed by atoms with Crippen molar-refractivity contribution in [2.75, 3.05) is 34.5 Å². The fourth-order valence-electron chi connectivity index (χ4n) is 13.1. The van der Waals surface area contributed by atoms with Gasteiger partial charge < -0.3 is 68.6 Å². The number of piperidine rings is 1. The number of benzene rings is 3. The van der Waals surface area contributed by atoms with Gasteiger partial charge in [-0.2, -0.15) is 0 Å². The number of methoxy groups -OCH3 is 3. The molecule has 4 aliphatic heterocycles. The molecule has 6 N–H and O–H groups in total. The number of ketones is 2. The zero-order chi connectivity index (χ0) is 62.3. The zero-order valence-corrected chi connectivity index (χ0v) is 50.2. The first-order chi connectivity index (χ1) is 41.0. The summed E-state index contributed by atoms with van der Waals surface area (Å²) >= 11 is 0. The number of fused-ring (bicyclic) bond motifs is 5. The topological polar surface area (TPSA) is 304 Å². The number of phenols is 1. The lowest BCUT2D eigenvalue weighted by atomic mass is 9.81. The predicted octanol–water partition coefficient (Wildman–Crippen LogP) is 7.66. The molecule has 14 atom stereocenters. The van der Waals surface area contributed by atoms with Crippen LogP contribution < -0.4 is 10.7 Å². The van der Waals surface area contributed by atoms with E-state index in [0.29, 0.717) is 72.6 Å². The molecule has 2 amide bonds. The number of carbonyl (C=O) groups is 6. The summed E-state index contributed by atoms with van der Waals surface area (Å²) in [5.41, 5.74) is 2.26. The van der Waals surface area contributed by atoms with E-state index < -0.39 is 114 Å². The minimum absolute atomic E-state index is 0.00601. The highest BCUT2D eigenvalue weighted by atomic mass is 16.7. The number of ether oxygens (including phenoxy) is 6. The third-order valence-corrected chi connectivity index (χ3v) is 17.9. The Morgan fingerprint density at radius 2 is 1.57 bits per heavy atom. The van der Waals surface area contributed by atoms with Crippen molar-refractivity contribution >= 4 is 46.5 Å². The molecule has 0 aromatic heterocycles. The van der Waals surface area contributed by atoms with Gasteiger partial charge in [0.05, 0.1) is 54.8 Å². The first kappa shape index (κ1) is 65.1. The number of amides is 2. The van der Waals surface area contributed by atoms with E-state index in [1.165, 1.54) is 51.7 Å². The van der Waals surface area contributed by atoms with Crippen LogP contribution in [0.1, 0.15) is 121 Å². The summed E-state index contributed by atoms with van der Waals surface area (Å²) in [7, 11) is 4.47. The van der Waals surface area contributed by atoms with Gasteiger partial charge >= 0.3 is 18.0 Å². The number of hydrogen-bond acceptors (Lipinski definition) is 18. The Morgan fingerprint density at radius 3 is 2.29 bits per heavy atom. The average molecular weight is 1200 g/mol. The number of allylic oxidation sites excluding steroid dienone is 3. The SMILES string of the molecule is COC1CC(/C=C(\C)C2OC(=O)C3CCCCN3C(=O)C(=O)C3(O)OC(C(OC)CC(C)C/C(C)=C/C(CCOC(=O)NCc4c(O)ccc5c(-c6ccccc6C(=O)O)c6ccc(=O)cc-6oc45)C(=O)CC(O)C2C)C(OC)CC3C)CCC1O. The van der Waals surface area contributed by atoms with Crippen LogP contribution in [-0.2, 0) is 54.1 Å². The number of hydrogen-bond donors (Lipinski definition) is 6. The molecule has 3 fully saturated rings. The van der Waals surface area contributed by atoms with Crippen molar-refractivity contribution in [2.24, 2.45) is 29.6 Å². The van der Waals surface area contributed by atoms with Gasteiger partial charge in [-0.05, 0) is 131 Å². The van der Waals surface area contributed by atoms with Crippen LogP contribution in [0.2, 0.25) is 0 Å². The van der Waals surface area contributed by atoms with Crippen LogP contribution in [0.15, 0.2) is 87.1 Å². The maximum Gasteiger partial charge on any atom is 0.407 e. The number of aromatic hydroxyl groups is 1. The van der Waals surface area contributed by atoms with Crippen molar-refractivity contribution in [3.05, 3.63) is 99.2 Å². The Labute approximate surface area is 499 Å². The molecule has 0 radical (unpaired) electrons. The van der Waals surface area contributed by atoms with Gasteiger partial charge in [-0.1, -0.05) is 56.7 Å². The number of esters is 1. The monoisotopic (exact) mass is 1190 g/mol. The van der Waals surface area contributed by atoms with Gasteiger partial charge in [-0.3, -0.25) is 19.2 Å². The van der Waals surface area contributed by atoms with Crippen molar-refractivity contribution in [2.45, 2.75) is 166 Å². The standard InChI is InChI=1S/C65H82N2O19/c1-34-25-35(2)27-54(81-7)59-55(82-8)29-37(4)65(79,86-59)60(73)61(74)67-23-12-11-15-47(67)63(77)85-57(36(3)28-39-16-20-49(70)53(30-39)80-6)38(5)50(71)32-51(72)40(26-34)22-24-83-64(78)66-33-46-48(69)21-19-45-56(42-13-9-10-14-43(42)62(75)76)44-18-17-41(68)31-52(44)84-58(45)46/h9-10,13-14,17-19,21,26,28,31,35,37-40,47,49-50,53-55,57,59,69-71,79H,11-12,15-16,20,22-25,27,29-30,32-33H2,1-8H3,(H,66,78)(H,75,76)/b34-26+,36-28+. The van der Waals surface area contributed by atoms with Crippen molar-refractivity contribution < 1.29 is 87.1 Å². The first-order valence-corrected chi connectivity index (χ1v) is 29.7. The molecule has 1 saturated carbocycles. The number of alkyl carbamates (subject to hydrolysis) is 1. The van der Waals surface area contributed by atoms with Crippen molar-refractivity contribution in [3.8, 4) is 28.2 Å². The molecule has 2 saturated heterocycles. The van der Waals surface area contributed by atoms with Crippen molar-refractivity contribution in [1.29, 1.82) is 0 Å². The van der Waals surface area contributed by atoms with E-state index in [2.05, 4.69) is 5.32 Å². The van der Waals surface area contributed by atoms with Crippen LogP contribution in [0.5, 0.6) is 5.75 Å². The summed E-state index contributed by atoms with van der Waals surface area (Å²) in [6.45, 7) is 8.14. The largest absolute Gasteiger partial charge is 0.507 e. The molecule has 21 nitrogen and oxygen atoms in total. The van der Waals surface area contributed by atoms with E-state index in [9.17, 15) is 59.1 Å². The van der Waals surface area contributed by atoms with Crippen molar-refractivity contribution in [3.63, 3.8) is 0 Å². The van der Waals surface area contributed by atoms with E-state index in [1.807, 2.05) is 19.9 Å². The van der Waals surface area contributed by atoms with E-state index in [-0.39, 0.29) is 84.4 Å². The van der Waals surface area contributed by atoms with E-state index in [4.69, 9.17) is 32.8 Å². The van der Waals surface area contributed by atoms with Gasteiger partial charge in [0.1, 0.15) is 41.1 Å². The minimum Gasteiger partial charge on any atom is -0.507 e. The average Bonchev–Trinajstić information content (AvgIpc) is 0.915.